The minimum absolute atomic E-state index is 0.0655. The van der Waals surface area contributed by atoms with Gasteiger partial charge in [-0.1, -0.05) is 0 Å². The lowest BCUT2D eigenvalue weighted by Crippen LogP contribution is -2.32. The van der Waals surface area contributed by atoms with Gasteiger partial charge < -0.3 is 0 Å². The summed E-state index contributed by atoms with van der Waals surface area (Å²) in [5.74, 6) is 0.332. The summed E-state index contributed by atoms with van der Waals surface area (Å²) in [6.07, 6.45) is 1.48. The van der Waals surface area contributed by atoms with Gasteiger partial charge in [0, 0.05) is 26.1 Å². The number of carbonyl (C=O) groups excluding carboxylic acids is 1. The highest BCUT2D eigenvalue weighted by Crippen LogP contribution is 2.23. The van der Waals surface area contributed by atoms with Crippen LogP contribution in [0.15, 0.2) is 12.3 Å². The van der Waals surface area contributed by atoms with Crippen LogP contribution in [0.3, 0.4) is 0 Å². The molecule has 1 aliphatic rings. The van der Waals surface area contributed by atoms with Gasteiger partial charge in [-0.3, -0.25) is 14.4 Å². The zero-order valence-corrected chi connectivity index (χ0v) is 9.51. The average Bonchev–Trinajstić information content (AvgIpc) is 2.70. The van der Waals surface area contributed by atoms with E-state index in [-0.39, 0.29) is 18.9 Å². The molecule has 1 aromatic heterocycles. The smallest absolute Gasteiger partial charge is 0.229 e. The molecule has 2 rings (SSSR count). The normalized spacial score (nSPS) is 21.8. The van der Waals surface area contributed by atoms with E-state index in [0.29, 0.717) is 5.82 Å². The van der Waals surface area contributed by atoms with E-state index in [1.54, 1.807) is 19.3 Å². The SMILES string of the molecule is Cn1nccc1N1CC(S(N)(=O)=O)CC1=O. The Morgan fingerprint density at radius 2 is 2.25 bits per heavy atom. The van der Waals surface area contributed by atoms with Gasteiger partial charge in [0.05, 0.1) is 6.20 Å². The van der Waals surface area contributed by atoms with Crippen LogP contribution < -0.4 is 10.0 Å². The van der Waals surface area contributed by atoms with Crippen molar-refractivity contribution in [1.82, 2.24) is 9.78 Å². The molecule has 0 bridgehead atoms. The van der Waals surface area contributed by atoms with Crippen molar-refractivity contribution in [3.05, 3.63) is 12.3 Å². The Morgan fingerprint density at radius 1 is 1.56 bits per heavy atom. The zero-order valence-electron chi connectivity index (χ0n) is 8.70. The number of rotatable bonds is 2. The third-order valence-electron chi connectivity index (χ3n) is 2.63. The van der Waals surface area contributed by atoms with Gasteiger partial charge in [-0.15, -0.1) is 0 Å². The topological polar surface area (TPSA) is 98.3 Å². The van der Waals surface area contributed by atoms with Gasteiger partial charge in [0.1, 0.15) is 11.1 Å². The van der Waals surface area contributed by atoms with E-state index in [2.05, 4.69) is 5.10 Å². The molecule has 8 heteroatoms. The van der Waals surface area contributed by atoms with E-state index in [0.717, 1.165) is 0 Å². The highest BCUT2D eigenvalue weighted by Gasteiger charge is 2.38. The lowest BCUT2D eigenvalue weighted by Gasteiger charge is -2.15. The number of primary sulfonamides is 1. The standard InChI is InChI=1S/C8H12N4O3S/c1-11-7(2-3-10-11)12-5-6(4-8(12)13)16(9,14)15/h2-3,6H,4-5H2,1H3,(H2,9,14,15). The van der Waals surface area contributed by atoms with Crippen molar-refractivity contribution in [1.29, 1.82) is 0 Å². The predicted molar refractivity (Wildman–Crippen MR) is 57.1 cm³/mol. The molecule has 0 radical (unpaired) electrons. The largest absolute Gasteiger partial charge is 0.296 e. The van der Waals surface area contributed by atoms with Gasteiger partial charge in [0.2, 0.25) is 15.9 Å². The monoisotopic (exact) mass is 244 g/mol. The Balaban J connectivity index is 2.28. The first-order valence-corrected chi connectivity index (χ1v) is 6.30. The van der Waals surface area contributed by atoms with E-state index < -0.39 is 15.3 Å². The van der Waals surface area contributed by atoms with E-state index in [9.17, 15) is 13.2 Å². The quantitative estimate of drug-likeness (QED) is 0.707. The van der Waals surface area contributed by atoms with E-state index in [1.165, 1.54) is 9.58 Å². The van der Waals surface area contributed by atoms with E-state index in [1.807, 2.05) is 0 Å². The molecule has 88 valence electrons. The number of sulfonamides is 1. The molecule has 2 heterocycles. The number of anilines is 1. The Kier molecular flexibility index (Phi) is 2.47. The summed E-state index contributed by atoms with van der Waals surface area (Å²) >= 11 is 0. The molecule has 1 fully saturated rings. The molecule has 1 aromatic rings. The molecule has 1 amide bonds. The van der Waals surface area contributed by atoms with Crippen LogP contribution in [0.4, 0.5) is 5.82 Å². The maximum absolute atomic E-state index is 11.6. The summed E-state index contributed by atoms with van der Waals surface area (Å²) in [4.78, 5) is 13.0. The molecule has 2 N–H and O–H groups in total. The first kappa shape index (κ1) is 11.1. The van der Waals surface area contributed by atoms with Gasteiger partial charge >= 0.3 is 0 Å². The van der Waals surface area contributed by atoms with Crippen molar-refractivity contribution >= 4 is 21.7 Å². The minimum atomic E-state index is -3.66. The number of aromatic nitrogens is 2. The maximum atomic E-state index is 11.6. The number of hydrogen-bond donors (Lipinski definition) is 1. The van der Waals surface area contributed by atoms with Crippen LogP contribution in [0, 0.1) is 0 Å². The fraction of sp³-hybridized carbons (Fsp3) is 0.500. The first-order chi connectivity index (χ1) is 7.39. The van der Waals surface area contributed by atoms with Crippen LogP contribution in [0.5, 0.6) is 0 Å². The highest BCUT2D eigenvalue weighted by atomic mass is 32.2. The molecule has 16 heavy (non-hydrogen) atoms. The Morgan fingerprint density at radius 3 is 2.69 bits per heavy atom. The van der Waals surface area contributed by atoms with Gasteiger partial charge in [0.15, 0.2) is 0 Å². The number of amides is 1. The Bertz CT molecular complexity index is 521. The number of nitrogens with zero attached hydrogens (tertiary/aromatic N) is 3. The van der Waals surface area contributed by atoms with Crippen molar-refractivity contribution in [3.8, 4) is 0 Å². The fourth-order valence-corrected chi connectivity index (χ4v) is 2.48. The lowest BCUT2D eigenvalue weighted by molar-refractivity contribution is -0.117. The van der Waals surface area contributed by atoms with Gasteiger partial charge in [-0.25, -0.2) is 13.6 Å². The van der Waals surface area contributed by atoms with Crippen molar-refractivity contribution in [2.45, 2.75) is 11.7 Å². The third kappa shape index (κ3) is 1.81. The van der Waals surface area contributed by atoms with Crippen LogP contribution in [0.1, 0.15) is 6.42 Å². The molecular formula is C8H12N4O3S. The number of hydrogen-bond acceptors (Lipinski definition) is 4. The molecule has 0 aromatic carbocycles. The molecular weight excluding hydrogens is 232 g/mol. The summed E-state index contributed by atoms with van der Waals surface area (Å²) in [5.41, 5.74) is 0. The second-order valence-corrected chi connectivity index (χ2v) is 5.58. The fourth-order valence-electron chi connectivity index (χ4n) is 1.75. The van der Waals surface area contributed by atoms with Crippen molar-refractivity contribution in [2.24, 2.45) is 12.2 Å². The van der Waals surface area contributed by atoms with Crippen molar-refractivity contribution in [2.75, 3.05) is 11.4 Å². The maximum Gasteiger partial charge on any atom is 0.229 e. The molecule has 7 nitrogen and oxygen atoms in total. The van der Waals surface area contributed by atoms with Crippen LogP contribution in [-0.2, 0) is 21.9 Å². The highest BCUT2D eigenvalue weighted by molar-refractivity contribution is 7.89. The Hall–Kier alpha value is -1.41. The minimum Gasteiger partial charge on any atom is -0.296 e. The van der Waals surface area contributed by atoms with Crippen molar-refractivity contribution in [3.63, 3.8) is 0 Å². The summed E-state index contributed by atoms with van der Waals surface area (Å²) < 4.78 is 23.8. The summed E-state index contributed by atoms with van der Waals surface area (Å²) in [6.45, 7) is 0.0944. The van der Waals surface area contributed by atoms with Crippen LogP contribution in [0.2, 0.25) is 0 Å². The lowest BCUT2D eigenvalue weighted by atomic mass is 10.4. The van der Waals surface area contributed by atoms with Crippen LogP contribution in [0.25, 0.3) is 0 Å². The molecule has 1 unspecified atom stereocenters. The predicted octanol–water partition coefficient (Wildman–Crippen LogP) is -1.19. The number of carbonyl (C=O) groups is 1. The molecule has 1 saturated heterocycles. The van der Waals surface area contributed by atoms with Gasteiger partial charge in [-0.2, -0.15) is 5.10 Å². The molecule has 1 aliphatic heterocycles. The third-order valence-corrected chi connectivity index (χ3v) is 3.87. The molecule has 0 spiro atoms. The van der Waals surface area contributed by atoms with Crippen LogP contribution >= 0.6 is 0 Å². The van der Waals surface area contributed by atoms with E-state index in [4.69, 9.17) is 5.14 Å². The first-order valence-electron chi connectivity index (χ1n) is 4.69. The summed E-state index contributed by atoms with van der Waals surface area (Å²) in [6, 6.07) is 1.66. The molecule has 0 aliphatic carbocycles. The van der Waals surface area contributed by atoms with Gasteiger partial charge in [-0.05, 0) is 0 Å². The van der Waals surface area contributed by atoms with Crippen molar-refractivity contribution < 1.29 is 13.2 Å². The number of aryl methyl sites for hydroxylation is 1. The molecule has 1 atom stereocenters. The van der Waals surface area contributed by atoms with Crippen LogP contribution in [-0.4, -0.2) is 35.9 Å². The van der Waals surface area contributed by atoms with Gasteiger partial charge in [0.25, 0.3) is 0 Å². The summed E-state index contributed by atoms with van der Waals surface area (Å²) in [7, 11) is -1.98. The second-order valence-electron chi connectivity index (χ2n) is 3.73. The van der Waals surface area contributed by atoms with E-state index >= 15 is 0 Å². The number of nitrogens with two attached hydrogens (primary N) is 1. The average molecular weight is 244 g/mol. The summed E-state index contributed by atoms with van der Waals surface area (Å²) in [5, 5.41) is 8.13. The molecule has 0 saturated carbocycles. The Labute approximate surface area is 92.9 Å². The zero-order chi connectivity index (χ0) is 11.9. The second kappa shape index (κ2) is 3.56.